The molecular weight excluding hydrogens is 270 g/mol. The van der Waals surface area contributed by atoms with Gasteiger partial charge < -0.3 is 19.9 Å². The molecule has 6 nitrogen and oxygen atoms in total. The Morgan fingerprint density at radius 2 is 1.67 bits per heavy atom. The van der Waals surface area contributed by atoms with Gasteiger partial charge >= 0.3 is 6.09 Å². The highest BCUT2D eigenvalue weighted by molar-refractivity contribution is 5.77. The van der Waals surface area contributed by atoms with Gasteiger partial charge in [-0.2, -0.15) is 0 Å². The van der Waals surface area contributed by atoms with Crippen molar-refractivity contribution in [1.29, 1.82) is 0 Å². The van der Waals surface area contributed by atoms with E-state index in [4.69, 9.17) is 4.74 Å². The monoisotopic (exact) mass is 299 g/mol. The smallest absolute Gasteiger partial charge is 0.410 e. The molecule has 0 aliphatic carbocycles. The summed E-state index contributed by atoms with van der Waals surface area (Å²) in [6.45, 7) is 12.7. The van der Waals surface area contributed by atoms with E-state index in [2.05, 4.69) is 5.32 Å². The maximum absolute atomic E-state index is 12.1. The van der Waals surface area contributed by atoms with Crippen LogP contribution in [-0.4, -0.2) is 66.2 Å². The first-order chi connectivity index (χ1) is 9.73. The summed E-state index contributed by atoms with van der Waals surface area (Å²) in [6, 6.07) is 0.186. The van der Waals surface area contributed by atoms with E-state index in [1.165, 1.54) is 0 Å². The molecule has 2 amide bonds. The van der Waals surface area contributed by atoms with Gasteiger partial charge in [0.15, 0.2) is 0 Å². The number of hydrogen-bond donors (Lipinski definition) is 1. The molecule has 0 spiro atoms. The highest BCUT2D eigenvalue weighted by atomic mass is 16.6. The van der Waals surface area contributed by atoms with Gasteiger partial charge in [-0.15, -0.1) is 0 Å². The van der Waals surface area contributed by atoms with E-state index >= 15 is 0 Å². The molecule has 0 bridgehead atoms. The zero-order valence-electron chi connectivity index (χ0n) is 13.9. The third kappa shape index (κ3) is 6.33. The molecule has 122 valence electrons. The number of rotatable bonds is 4. The van der Waals surface area contributed by atoms with Gasteiger partial charge in [-0.3, -0.25) is 4.79 Å². The van der Waals surface area contributed by atoms with Crippen LogP contribution in [0.15, 0.2) is 0 Å². The Labute approximate surface area is 127 Å². The number of nitrogens with one attached hydrogen (secondary N) is 1. The van der Waals surface area contributed by atoms with Crippen LogP contribution in [0.1, 0.15) is 41.0 Å². The van der Waals surface area contributed by atoms with Crippen LogP contribution in [0.2, 0.25) is 0 Å². The first kappa shape index (κ1) is 17.8. The van der Waals surface area contributed by atoms with Crippen molar-refractivity contribution in [2.24, 2.45) is 0 Å². The number of carbonyl (C=O) groups is 2. The van der Waals surface area contributed by atoms with Crippen molar-refractivity contribution in [3.05, 3.63) is 0 Å². The number of amides is 2. The summed E-state index contributed by atoms with van der Waals surface area (Å²) in [5.74, 6) is 0.146. The fourth-order valence-corrected chi connectivity index (χ4v) is 2.28. The molecular formula is C15H29N3O3. The van der Waals surface area contributed by atoms with Gasteiger partial charge in [0.2, 0.25) is 5.91 Å². The Morgan fingerprint density at radius 1 is 1.14 bits per heavy atom. The van der Waals surface area contributed by atoms with E-state index in [9.17, 15) is 9.59 Å². The average Bonchev–Trinajstić information content (AvgIpc) is 2.37. The minimum atomic E-state index is -0.481. The first-order valence-corrected chi connectivity index (χ1v) is 7.72. The van der Waals surface area contributed by atoms with Crippen LogP contribution in [0.5, 0.6) is 0 Å². The highest BCUT2D eigenvalue weighted by Gasteiger charge is 2.27. The van der Waals surface area contributed by atoms with E-state index in [0.717, 1.165) is 6.54 Å². The van der Waals surface area contributed by atoms with Crippen molar-refractivity contribution in [3.8, 4) is 0 Å². The summed E-state index contributed by atoms with van der Waals surface area (Å²) in [5.41, 5.74) is -0.481. The number of carbonyl (C=O) groups excluding carboxylic acids is 2. The predicted octanol–water partition coefficient (Wildman–Crippen LogP) is 1.45. The quantitative estimate of drug-likeness (QED) is 0.853. The molecule has 1 atom stereocenters. The van der Waals surface area contributed by atoms with Crippen molar-refractivity contribution in [2.75, 3.05) is 32.7 Å². The van der Waals surface area contributed by atoms with Crippen molar-refractivity contribution >= 4 is 12.0 Å². The first-order valence-electron chi connectivity index (χ1n) is 7.72. The average molecular weight is 299 g/mol. The lowest BCUT2D eigenvalue weighted by molar-refractivity contribution is -0.133. The van der Waals surface area contributed by atoms with E-state index in [1.54, 1.807) is 4.90 Å². The van der Waals surface area contributed by atoms with Gasteiger partial charge in [-0.05, 0) is 34.2 Å². The van der Waals surface area contributed by atoms with Gasteiger partial charge in [0.25, 0.3) is 0 Å². The lowest BCUT2D eigenvalue weighted by atomic mass is 10.2. The molecule has 1 saturated heterocycles. The van der Waals surface area contributed by atoms with Crippen molar-refractivity contribution < 1.29 is 14.3 Å². The van der Waals surface area contributed by atoms with Crippen molar-refractivity contribution in [3.63, 3.8) is 0 Å². The van der Waals surface area contributed by atoms with Crippen molar-refractivity contribution in [1.82, 2.24) is 15.1 Å². The fraction of sp³-hybridized carbons (Fsp3) is 0.867. The Kier molecular flexibility index (Phi) is 6.45. The summed E-state index contributed by atoms with van der Waals surface area (Å²) >= 11 is 0. The number of ether oxygens (including phenoxy) is 1. The molecule has 1 heterocycles. The second-order valence-electron chi connectivity index (χ2n) is 6.51. The van der Waals surface area contributed by atoms with Crippen LogP contribution in [0, 0.1) is 0 Å². The van der Waals surface area contributed by atoms with E-state index in [-0.39, 0.29) is 18.0 Å². The number of piperazine rings is 1. The molecule has 0 aromatic heterocycles. The topological polar surface area (TPSA) is 61.9 Å². The van der Waals surface area contributed by atoms with Gasteiger partial charge in [0.05, 0.1) is 0 Å². The molecule has 6 heteroatoms. The van der Waals surface area contributed by atoms with Crippen molar-refractivity contribution in [2.45, 2.75) is 52.7 Å². The maximum atomic E-state index is 12.1. The van der Waals surface area contributed by atoms with Crippen LogP contribution in [0.4, 0.5) is 4.79 Å². The van der Waals surface area contributed by atoms with E-state index in [1.807, 2.05) is 39.5 Å². The number of hydrogen-bond acceptors (Lipinski definition) is 4. The van der Waals surface area contributed by atoms with Gasteiger partial charge in [0.1, 0.15) is 5.60 Å². The lowest BCUT2D eigenvalue weighted by Gasteiger charge is -2.36. The Morgan fingerprint density at radius 3 is 2.14 bits per heavy atom. The zero-order chi connectivity index (χ0) is 16.0. The second-order valence-corrected chi connectivity index (χ2v) is 6.51. The minimum Gasteiger partial charge on any atom is -0.444 e. The molecule has 1 rings (SSSR count). The predicted molar refractivity (Wildman–Crippen MR) is 82.1 cm³/mol. The largest absolute Gasteiger partial charge is 0.444 e. The summed E-state index contributed by atoms with van der Waals surface area (Å²) in [7, 11) is 0. The van der Waals surface area contributed by atoms with Gasteiger partial charge in [-0.25, -0.2) is 4.79 Å². The summed E-state index contributed by atoms with van der Waals surface area (Å²) in [5, 5.41) is 3.24. The lowest BCUT2D eigenvalue weighted by Crippen LogP contribution is -2.52. The number of nitrogens with zero attached hydrogens (tertiary/aromatic N) is 2. The Balaban J connectivity index is 2.38. The molecule has 0 radical (unpaired) electrons. The fourth-order valence-electron chi connectivity index (χ4n) is 2.28. The zero-order valence-corrected chi connectivity index (χ0v) is 13.9. The van der Waals surface area contributed by atoms with Gasteiger partial charge in [0, 0.05) is 38.6 Å². The standard InChI is InChI=1S/C15H29N3O3/c1-6-16-12(2)11-13(19)17-7-9-18(10-8-17)14(20)21-15(3,4)5/h12,16H,6-11H2,1-5H3. The maximum Gasteiger partial charge on any atom is 0.410 e. The van der Waals surface area contributed by atoms with Crippen LogP contribution < -0.4 is 5.32 Å². The molecule has 0 aromatic carbocycles. The van der Waals surface area contributed by atoms with Gasteiger partial charge in [-0.1, -0.05) is 6.92 Å². The van der Waals surface area contributed by atoms with Crippen LogP contribution in [0.25, 0.3) is 0 Å². The Hall–Kier alpha value is -1.30. The molecule has 1 fully saturated rings. The third-order valence-electron chi connectivity index (χ3n) is 3.32. The summed E-state index contributed by atoms with van der Waals surface area (Å²) in [4.78, 5) is 27.6. The molecule has 0 saturated carbocycles. The highest BCUT2D eigenvalue weighted by Crippen LogP contribution is 2.12. The van der Waals surface area contributed by atoms with Crippen LogP contribution in [-0.2, 0) is 9.53 Å². The van der Waals surface area contributed by atoms with Crippen LogP contribution in [0.3, 0.4) is 0 Å². The molecule has 1 aliphatic rings. The SMILES string of the molecule is CCNC(C)CC(=O)N1CCN(C(=O)OC(C)(C)C)CC1. The molecule has 1 unspecified atom stereocenters. The second kappa shape index (κ2) is 7.64. The van der Waals surface area contributed by atoms with E-state index in [0.29, 0.717) is 32.6 Å². The Bertz CT molecular complexity index is 358. The molecule has 1 aliphatic heterocycles. The third-order valence-corrected chi connectivity index (χ3v) is 3.32. The van der Waals surface area contributed by atoms with Crippen LogP contribution >= 0.6 is 0 Å². The molecule has 1 N–H and O–H groups in total. The minimum absolute atomic E-state index is 0.146. The summed E-state index contributed by atoms with van der Waals surface area (Å²) < 4.78 is 5.34. The molecule has 0 aromatic rings. The summed E-state index contributed by atoms with van der Waals surface area (Å²) in [6.07, 6.45) is 0.205. The normalized spacial score (nSPS) is 17.6. The molecule has 21 heavy (non-hydrogen) atoms. The van der Waals surface area contributed by atoms with E-state index < -0.39 is 5.60 Å².